The molecule has 1 heterocycles. The van der Waals surface area contributed by atoms with Crippen LogP contribution in [0.2, 0.25) is 0 Å². The van der Waals surface area contributed by atoms with E-state index in [4.69, 9.17) is 4.74 Å². The zero-order chi connectivity index (χ0) is 22.4. The largest absolute Gasteiger partial charge is 0.483 e. The van der Waals surface area contributed by atoms with Crippen LogP contribution in [0, 0.1) is 5.82 Å². The molecule has 1 amide bonds. The van der Waals surface area contributed by atoms with Crippen LogP contribution < -0.4 is 10.1 Å². The zero-order valence-electron chi connectivity index (χ0n) is 18.1. The maximum Gasteiger partial charge on any atom is 0.234 e. The van der Waals surface area contributed by atoms with Crippen molar-refractivity contribution in [2.45, 2.75) is 51.4 Å². The summed E-state index contributed by atoms with van der Waals surface area (Å²) in [6.45, 7) is 8.90. The number of halogens is 1. The average Bonchev–Trinajstić information content (AvgIpc) is 3.17. The molecule has 2 aromatic carbocycles. The van der Waals surface area contributed by atoms with Crippen molar-refractivity contribution in [3.8, 4) is 5.75 Å². The lowest BCUT2D eigenvalue weighted by atomic mass is 10.0. The molecule has 164 valence electrons. The van der Waals surface area contributed by atoms with Gasteiger partial charge in [0.25, 0.3) is 0 Å². The van der Waals surface area contributed by atoms with Crippen molar-refractivity contribution in [2.24, 2.45) is 0 Å². The number of thioether (sulfide) groups is 1. The highest BCUT2D eigenvalue weighted by Crippen LogP contribution is 2.26. The van der Waals surface area contributed by atoms with E-state index in [2.05, 4.69) is 41.5 Å². The topological polar surface area (TPSA) is 69.0 Å². The third-order valence-electron chi connectivity index (χ3n) is 4.75. The summed E-state index contributed by atoms with van der Waals surface area (Å²) in [5.74, 6) is 1.57. The van der Waals surface area contributed by atoms with Crippen LogP contribution in [0.25, 0.3) is 0 Å². The molecule has 3 aromatic rings. The van der Waals surface area contributed by atoms with Crippen molar-refractivity contribution in [1.82, 2.24) is 14.8 Å². The van der Waals surface area contributed by atoms with E-state index in [1.807, 2.05) is 30.5 Å². The maximum absolute atomic E-state index is 13.0. The van der Waals surface area contributed by atoms with E-state index in [0.29, 0.717) is 29.1 Å². The molecule has 0 aliphatic rings. The predicted octanol–water partition coefficient (Wildman–Crippen LogP) is 5.43. The number of carbonyl (C=O) groups is 1. The number of amides is 1. The fourth-order valence-corrected chi connectivity index (χ4v) is 3.86. The van der Waals surface area contributed by atoms with E-state index in [1.165, 1.54) is 41.6 Å². The summed E-state index contributed by atoms with van der Waals surface area (Å²) in [5, 5.41) is 11.9. The lowest BCUT2D eigenvalue weighted by Crippen LogP contribution is -2.15. The summed E-state index contributed by atoms with van der Waals surface area (Å²) in [5.41, 5.74) is 1.81. The molecule has 0 aliphatic heterocycles. The molecule has 0 bridgehead atoms. The summed E-state index contributed by atoms with van der Waals surface area (Å²) in [6, 6.07) is 13.7. The Balaban J connectivity index is 1.61. The quantitative estimate of drug-likeness (QED) is 0.448. The highest BCUT2D eigenvalue weighted by molar-refractivity contribution is 7.99. The van der Waals surface area contributed by atoms with Crippen molar-refractivity contribution >= 4 is 23.4 Å². The second-order valence-electron chi connectivity index (χ2n) is 7.41. The van der Waals surface area contributed by atoms with Crippen LogP contribution in [0.3, 0.4) is 0 Å². The minimum Gasteiger partial charge on any atom is -0.483 e. The van der Waals surface area contributed by atoms with Gasteiger partial charge in [-0.3, -0.25) is 4.79 Å². The molecule has 31 heavy (non-hydrogen) atoms. The molecule has 0 spiro atoms. The van der Waals surface area contributed by atoms with Crippen LogP contribution in [-0.2, 0) is 11.3 Å². The molecule has 1 N–H and O–H groups in total. The molecule has 0 saturated carbocycles. The van der Waals surface area contributed by atoms with Gasteiger partial charge in [-0.1, -0.05) is 37.7 Å². The van der Waals surface area contributed by atoms with Gasteiger partial charge in [0.2, 0.25) is 5.91 Å². The Morgan fingerprint density at radius 1 is 1.10 bits per heavy atom. The van der Waals surface area contributed by atoms with Crippen LogP contribution in [0.15, 0.2) is 53.7 Å². The Bertz CT molecular complexity index is 1000. The van der Waals surface area contributed by atoms with E-state index in [1.54, 1.807) is 0 Å². The van der Waals surface area contributed by atoms with Crippen molar-refractivity contribution in [1.29, 1.82) is 0 Å². The molecule has 1 unspecified atom stereocenters. The molecule has 1 aromatic heterocycles. The molecular weight excluding hydrogens is 415 g/mol. The van der Waals surface area contributed by atoms with E-state index < -0.39 is 0 Å². The zero-order valence-corrected chi connectivity index (χ0v) is 18.9. The minimum atomic E-state index is -0.344. The molecule has 3 rings (SSSR count). The first-order valence-corrected chi connectivity index (χ1v) is 11.2. The summed E-state index contributed by atoms with van der Waals surface area (Å²) in [4.78, 5) is 12.2. The van der Waals surface area contributed by atoms with Crippen LogP contribution >= 0.6 is 11.8 Å². The third kappa shape index (κ3) is 6.07. The molecule has 0 aliphatic carbocycles. The van der Waals surface area contributed by atoms with E-state index in [9.17, 15) is 9.18 Å². The van der Waals surface area contributed by atoms with E-state index in [-0.39, 0.29) is 23.6 Å². The number of hydrogen-bond acceptors (Lipinski definition) is 5. The van der Waals surface area contributed by atoms with E-state index in [0.717, 1.165) is 5.75 Å². The number of hydrogen-bond donors (Lipinski definition) is 1. The van der Waals surface area contributed by atoms with Gasteiger partial charge in [-0.15, -0.1) is 10.2 Å². The number of nitrogens with one attached hydrogen (secondary N) is 1. The van der Waals surface area contributed by atoms with Crippen LogP contribution in [0.4, 0.5) is 10.1 Å². The second-order valence-corrected chi connectivity index (χ2v) is 8.36. The number of benzene rings is 2. The van der Waals surface area contributed by atoms with Gasteiger partial charge < -0.3 is 14.6 Å². The maximum atomic E-state index is 13.0. The van der Waals surface area contributed by atoms with E-state index >= 15 is 0 Å². The highest BCUT2D eigenvalue weighted by Gasteiger charge is 2.19. The first-order valence-electron chi connectivity index (χ1n) is 10.2. The first-order chi connectivity index (χ1) is 14.9. The Kier molecular flexibility index (Phi) is 7.68. The predicted molar refractivity (Wildman–Crippen MR) is 121 cm³/mol. The van der Waals surface area contributed by atoms with Gasteiger partial charge in [0.1, 0.15) is 11.6 Å². The Labute approximate surface area is 186 Å². The summed E-state index contributed by atoms with van der Waals surface area (Å²) in [6.07, 6.45) is -0.292. The summed E-state index contributed by atoms with van der Waals surface area (Å²) < 4.78 is 21.0. The van der Waals surface area contributed by atoms with Crippen molar-refractivity contribution in [2.75, 3.05) is 11.1 Å². The van der Waals surface area contributed by atoms with Crippen LogP contribution in [0.5, 0.6) is 5.75 Å². The third-order valence-corrected chi connectivity index (χ3v) is 5.71. The number of anilines is 1. The van der Waals surface area contributed by atoms with Crippen molar-refractivity contribution < 1.29 is 13.9 Å². The molecular formula is C23H27FN4O2S. The second kappa shape index (κ2) is 10.4. The van der Waals surface area contributed by atoms with Gasteiger partial charge >= 0.3 is 0 Å². The number of aromatic nitrogens is 3. The molecule has 0 radical (unpaired) electrons. The minimum absolute atomic E-state index is 0.168. The molecule has 1 atom stereocenters. The molecule has 6 nitrogen and oxygen atoms in total. The van der Waals surface area contributed by atoms with Crippen molar-refractivity contribution in [3.63, 3.8) is 0 Å². The lowest BCUT2D eigenvalue weighted by Gasteiger charge is -2.16. The van der Waals surface area contributed by atoms with Crippen LogP contribution in [0.1, 0.15) is 51.1 Å². The number of carbonyl (C=O) groups excluding carboxylic acids is 1. The van der Waals surface area contributed by atoms with Gasteiger partial charge in [-0.25, -0.2) is 4.39 Å². The average molecular weight is 443 g/mol. The smallest absolute Gasteiger partial charge is 0.234 e. The van der Waals surface area contributed by atoms with Crippen molar-refractivity contribution in [3.05, 3.63) is 65.7 Å². The number of ether oxygens (including phenoxy) is 1. The Hall–Kier alpha value is -2.87. The molecule has 0 saturated heterocycles. The summed E-state index contributed by atoms with van der Waals surface area (Å²) in [7, 11) is 0. The normalized spacial score (nSPS) is 12.1. The number of nitrogens with zero attached hydrogens (tertiary/aromatic N) is 3. The SMILES string of the molecule is CCn1c(SCC(=O)Nc2ccc(F)cc2)nnc1C(C)Oc1ccc(C(C)C)cc1. The molecule has 0 fully saturated rings. The number of rotatable bonds is 9. The Morgan fingerprint density at radius 3 is 2.39 bits per heavy atom. The molecule has 8 heteroatoms. The van der Waals surface area contributed by atoms with Gasteiger partial charge in [0.05, 0.1) is 5.75 Å². The van der Waals surface area contributed by atoms with Crippen LogP contribution in [-0.4, -0.2) is 26.4 Å². The summed E-state index contributed by atoms with van der Waals surface area (Å²) >= 11 is 1.30. The van der Waals surface area contributed by atoms with Gasteiger partial charge in [-0.2, -0.15) is 0 Å². The standard InChI is InChI=1S/C23H27FN4O2S/c1-5-28-22(16(4)30-20-12-6-17(7-13-20)15(2)3)26-27-23(28)31-14-21(29)25-19-10-8-18(24)9-11-19/h6-13,15-16H,5,14H2,1-4H3,(H,25,29). The Morgan fingerprint density at radius 2 is 1.77 bits per heavy atom. The fourth-order valence-electron chi connectivity index (χ4n) is 3.05. The van der Waals surface area contributed by atoms with Gasteiger partial charge in [0, 0.05) is 12.2 Å². The highest BCUT2D eigenvalue weighted by atomic mass is 32.2. The monoisotopic (exact) mass is 442 g/mol. The lowest BCUT2D eigenvalue weighted by molar-refractivity contribution is -0.113. The van der Waals surface area contributed by atoms with Gasteiger partial charge in [0.15, 0.2) is 17.1 Å². The first kappa shape index (κ1) is 22.8. The van der Waals surface area contributed by atoms with Gasteiger partial charge in [-0.05, 0) is 61.7 Å². The fraction of sp³-hybridized carbons (Fsp3) is 0.348.